The summed E-state index contributed by atoms with van der Waals surface area (Å²) in [6, 6.07) is 23.7. The molecule has 0 fully saturated rings. The average Bonchev–Trinajstić information content (AvgIpc) is 2.84. The summed E-state index contributed by atoms with van der Waals surface area (Å²) in [5.41, 5.74) is 5.02. The Balaban J connectivity index is 2.06. The predicted molar refractivity (Wildman–Crippen MR) is 128 cm³/mol. The van der Waals surface area contributed by atoms with E-state index in [1.165, 1.54) is 0 Å². The van der Waals surface area contributed by atoms with Crippen molar-refractivity contribution >= 4 is 0 Å². The van der Waals surface area contributed by atoms with Crippen LogP contribution in [-0.2, 0) is 5.60 Å². The van der Waals surface area contributed by atoms with Crippen molar-refractivity contribution in [3.8, 4) is 17.2 Å². The number of aliphatic hydroxyl groups is 2. The van der Waals surface area contributed by atoms with Gasteiger partial charge in [0, 0.05) is 5.92 Å². The quantitative estimate of drug-likeness (QED) is 0.402. The standard InChI is InChI=1S/C27H33NO5/c1-19(27(28,20(2)29)33-23-12-6-5-7-13-23)18-26(30,21-10-8-14-24(16-21)31-3)22-11-9-15-25(17-22)32-4/h5-17,19-20,29-30H,18,28H2,1-4H3/t19-,20?,27?/m1/s1. The number of ether oxygens (including phenoxy) is 3. The van der Waals surface area contributed by atoms with Crippen LogP contribution in [0.4, 0.5) is 0 Å². The second-order valence-electron chi connectivity index (χ2n) is 8.37. The minimum absolute atomic E-state index is 0.168. The first-order chi connectivity index (χ1) is 15.7. The van der Waals surface area contributed by atoms with E-state index in [9.17, 15) is 10.2 Å². The third-order valence-corrected chi connectivity index (χ3v) is 6.16. The zero-order chi connectivity index (χ0) is 24.1. The van der Waals surface area contributed by atoms with Crippen molar-refractivity contribution in [2.45, 2.75) is 37.7 Å². The van der Waals surface area contributed by atoms with Gasteiger partial charge in [0.15, 0.2) is 5.72 Å². The molecular formula is C27H33NO5. The summed E-state index contributed by atoms with van der Waals surface area (Å²) in [4.78, 5) is 0. The summed E-state index contributed by atoms with van der Waals surface area (Å²) in [6.45, 7) is 3.45. The molecule has 33 heavy (non-hydrogen) atoms. The third-order valence-electron chi connectivity index (χ3n) is 6.16. The van der Waals surface area contributed by atoms with Crippen LogP contribution in [0, 0.1) is 5.92 Å². The number of methoxy groups -OCH3 is 2. The third kappa shape index (κ3) is 5.30. The Bertz CT molecular complexity index is 992. The maximum Gasteiger partial charge on any atom is 0.186 e. The van der Waals surface area contributed by atoms with E-state index in [-0.39, 0.29) is 6.42 Å². The molecule has 2 unspecified atom stereocenters. The number of hydrogen-bond donors (Lipinski definition) is 3. The fourth-order valence-corrected chi connectivity index (χ4v) is 4.06. The summed E-state index contributed by atoms with van der Waals surface area (Å²) < 4.78 is 16.9. The minimum atomic E-state index is -1.46. The largest absolute Gasteiger partial charge is 0.497 e. The van der Waals surface area contributed by atoms with Crippen molar-refractivity contribution < 1.29 is 24.4 Å². The van der Waals surface area contributed by atoms with Gasteiger partial charge in [0.1, 0.15) is 29.0 Å². The van der Waals surface area contributed by atoms with Crippen LogP contribution in [-0.4, -0.2) is 36.3 Å². The van der Waals surface area contributed by atoms with Crippen LogP contribution in [0.1, 0.15) is 31.4 Å². The maximum atomic E-state index is 12.2. The predicted octanol–water partition coefficient (Wildman–Crippen LogP) is 4.08. The van der Waals surface area contributed by atoms with Crippen LogP contribution in [0.5, 0.6) is 17.2 Å². The number of hydrogen-bond acceptors (Lipinski definition) is 6. The van der Waals surface area contributed by atoms with Gasteiger partial charge in [-0.05, 0) is 60.9 Å². The molecule has 0 aliphatic heterocycles. The van der Waals surface area contributed by atoms with Crippen LogP contribution < -0.4 is 19.9 Å². The number of nitrogens with two attached hydrogens (primary N) is 1. The molecule has 3 aromatic carbocycles. The smallest absolute Gasteiger partial charge is 0.186 e. The first kappa shape index (κ1) is 24.6. The van der Waals surface area contributed by atoms with Crippen LogP contribution in [0.15, 0.2) is 78.9 Å². The molecule has 0 aromatic heterocycles. The van der Waals surface area contributed by atoms with Crippen molar-refractivity contribution in [2.24, 2.45) is 11.7 Å². The van der Waals surface area contributed by atoms with Gasteiger partial charge in [-0.1, -0.05) is 49.4 Å². The molecule has 0 spiro atoms. The fourth-order valence-electron chi connectivity index (χ4n) is 4.06. The Morgan fingerprint density at radius 3 is 1.73 bits per heavy atom. The fraction of sp³-hybridized carbons (Fsp3) is 0.333. The molecule has 6 nitrogen and oxygen atoms in total. The lowest BCUT2D eigenvalue weighted by molar-refractivity contribution is -0.0962. The van der Waals surface area contributed by atoms with E-state index in [0.717, 1.165) is 0 Å². The van der Waals surface area contributed by atoms with Crippen molar-refractivity contribution in [1.82, 2.24) is 0 Å². The zero-order valence-corrected chi connectivity index (χ0v) is 19.6. The lowest BCUT2D eigenvalue weighted by Crippen LogP contribution is -2.60. The van der Waals surface area contributed by atoms with Crippen molar-refractivity contribution in [3.63, 3.8) is 0 Å². The van der Waals surface area contributed by atoms with E-state index in [0.29, 0.717) is 28.4 Å². The Morgan fingerprint density at radius 1 is 0.788 bits per heavy atom. The van der Waals surface area contributed by atoms with Gasteiger partial charge in [-0.15, -0.1) is 0 Å². The summed E-state index contributed by atoms with van der Waals surface area (Å²) in [5, 5.41) is 22.8. The number of benzene rings is 3. The highest BCUT2D eigenvalue weighted by Gasteiger charge is 2.45. The number of rotatable bonds is 10. The molecule has 3 atom stereocenters. The summed E-state index contributed by atoms with van der Waals surface area (Å²) in [7, 11) is 3.16. The summed E-state index contributed by atoms with van der Waals surface area (Å²) in [5.74, 6) is 1.31. The Kier molecular flexibility index (Phi) is 7.64. The van der Waals surface area contributed by atoms with Crippen molar-refractivity contribution in [1.29, 1.82) is 0 Å². The average molecular weight is 452 g/mol. The molecule has 0 radical (unpaired) electrons. The van der Waals surface area contributed by atoms with E-state index in [1.807, 2.05) is 61.5 Å². The molecular weight excluding hydrogens is 418 g/mol. The van der Waals surface area contributed by atoms with E-state index < -0.39 is 23.3 Å². The van der Waals surface area contributed by atoms with Crippen LogP contribution in [0.2, 0.25) is 0 Å². The topological polar surface area (TPSA) is 94.2 Å². The molecule has 0 saturated carbocycles. The van der Waals surface area contributed by atoms with Crippen molar-refractivity contribution in [3.05, 3.63) is 90.0 Å². The minimum Gasteiger partial charge on any atom is -0.497 e. The van der Waals surface area contributed by atoms with Crippen molar-refractivity contribution in [2.75, 3.05) is 14.2 Å². The summed E-state index contributed by atoms with van der Waals surface area (Å²) in [6.07, 6.45) is -0.839. The molecule has 3 aromatic rings. The lowest BCUT2D eigenvalue weighted by Gasteiger charge is -2.42. The van der Waals surface area contributed by atoms with Gasteiger partial charge >= 0.3 is 0 Å². The highest BCUT2D eigenvalue weighted by atomic mass is 16.5. The van der Waals surface area contributed by atoms with Gasteiger partial charge in [-0.2, -0.15) is 0 Å². The van der Waals surface area contributed by atoms with Gasteiger partial charge in [-0.25, -0.2) is 0 Å². The second kappa shape index (κ2) is 10.3. The van der Waals surface area contributed by atoms with E-state index >= 15 is 0 Å². The van der Waals surface area contributed by atoms with E-state index in [4.69, 9.17) is 19.9 Å². The normalized spacial score (nSPS) is 15.2. The number of para-hydroxylation sites is 1. The molecule has 0 amide bonds. The second-order valence-corrected chi connectivity index (χ2v) is 8.37. The number of aliphatic hydroxyl groups excluding tert-OH is 1. The lowest BCUT2D eigenvalue weighted by atomic mass is 9.75. The maximum absolute atomic E-state index is 12.2. The van der Waals surface area contributed by atoms with Gasteiger partial charge in [0.05, 0.1) is 14.2 Å². The van der Waals surface area contributed by atoms with E-state index in [1.54, 1.807) is 45.4 Å². The van der Waals surface area contributed by atoms with Crippen LogP contribution in [0.25, 0.3) is 0 Å². The Labute approximate surface area is 195 Å². The first-order valence-electron chi connectivity index (χ1n) is 11.0. The first-order valence-corrected chi connectivity index (χ1v) is 11.0. The molecule has 176 valence electrons. The van der Waals surface area contributed by atoms with Crippen LogP contribution >= 0.6 is 0 Å². The van der Waals surface area contributed by atoms with Gasteiger partial charge in [0.2, 0.25) is 0 Å². The summed E-state index contributed by atoms with van der Waals surface area (Å²) >= 11 is 0. The Morgan fingerprint density at radius 2 is 1.27 bits per heavy atom. The Hall–Kier alpha value is -3.06. The molecule has 0 saturated heterocycles. The van der Waals surface area contributed by atoms with Gasteiger partial charge in [0.25, 0.3) is 0 Å². The molecule has 0 aliphatic carbocycles. The zero-order valence-electron chi connectivity index (χ0n) is 19.6. The molecule has 0 aliphatic rings. The molecule has 6 heteroatoms. The highest BCUT2D eigenvalue weighted by molar-refractivity contribution is 5.43. The molecule has 0 bridgehead atoms. The van der Waals surface area contributed by atoms with Crippen LogP contribution in [0.3, 0.4) is 0 Å². The monoisotopic (exact) mass is 451 g/mol. The molecule has 3 rings (SSSR count). The van der Waals surface area contributed by atoms with Gasteiger partial charge < -0.3 is 24.4 Å². The molecule has 4 N–H and O–H groups in total. The van der Waals surface area contributed by atoms with Gasteiger partial charge in [-0.3, -0.25) is 5.73 Å². The SMILES string of the molecule is COc1cccc(C(O)(C[C@@H](C)C(N)(Oc2ccccc2)C(C)O)c2cccc(OC)c2)c1. The van der Waals surface area contributed by atoms with E-state index in [2.05, 4.69) is 0 Å². The highest BCUT2D eigenvalue weighted by Crippen LogP contribution is 2.41. The molecule has 0 heterocycles.